The molecule has 1 aliphatic heterocycles. The lowest BCUT2D eigenvalue weighted by Gasteiger charge is -2.42. The van der Waals surface area contributed by atoms with Gasteiger partial charge >= 0.3 is 0 Å². The van der Waals surface area contributed by atoms with Crippen LogP contribution >= 0.6 is 0 Å². The summed E-state index contributed by atoms with van der Waals surface area (Å²) in [5.41, 5.74) is 0. The number of carbonyl (C=O) groups excluding carboxylic acids is 1. The summed E-state index contributed by atoms with van der Waals surface area (Å²) in [7, 11) is 0. The molecule has 1 saturated heterocycles. The Morgan fingerprint density at radius 2 is 2.12 bits per heavy atom. The average Bonchev–Trinajstić information content (AvgIpc) is 2.25. The summed E-state index contributed by atoms with van der Waals surface area (Å²) in [5, 5.41) is 56.8. The van der Waals surface area contributed by atoms with Crippen LogP contribution in [0.15, 0.2) is 0 Å². The highest BCUT2D eigenvalue weighted by molar-refractivity contribution is 5.73. The number of carboxylic acids is 1. The van der Waals surface area contributed by atoms with Crippen molar-refractivity contribution in [1.29, 1.82) is 0 Å². The third kappa shape index (κ3) is 3.12. The van der Waals surface area contributed by atoms with Gasteiger partial charge in [-0.1, -0.05) is 0 Å². The average molecular weight is 251 g/mol. The molecule has 0 aromatic carbocycles. The van der Waals surface area contributed by atoms with E-state index in [1.54, 1.807) is 0 Å². The molecule has 0 aromatic heterocycles. The Labute approximate surface area is 96.7 Å². The molecule has 0 bridgehead atoms. The fourth-order valence-electron chi connectivity index (χ4n) is 1.71. The van der Waals surface area contributed by atoms with Crippen molar-refractivity contribution in [3.05, 3.63) is 0 Å². The largest absolute Gasteiger partial charge is 0.544 e. The third-order valence-electron chi connectivity index (χ3n) is 2.64. The fraction of sp³-hybridized carbons (Fsp3) is 0.889. The molecule has 0 aliphatic carbocycles. The summed E-state index contributed by atoms with van der Waals surface area (Å²) in [6, 6.07) is 0. The summed E-state index contributed by atoms with van der Waals surface area (Å²) in [4.78, 5) is 10.6. The van der Waals surface area contributed by atoms with E-state index in [0.29, 0.717) is 0 Å². The standard InChI is InChI=1S/C9H16O8/c10-3-5(12)7(13)6-1-4(11)2-9(16,17-6)8(14)15/h4-7,10-13,16H,1-3H2,(H,14,15)/p-1/t4-,5-,6-,7-,9+/m1/s1. The number of aliphatic hydroxyl groups excluding tert-OH is 4. The maximum Gasteiger partial charge on any atom is 0.209 e. The Balaban J connectivity index is 2.78. The fourth-order valence-corrected chi connectivity index (χ4v) is 1.71. The van der Waals surface area contributed by atoms with Gasteiger partial charge in [-0.05, 0) is 0 Å². The quantitative estimate of drug-likeness (QED) is 0.336. The summed E-state index contributed by atoms with van der Waals surface area (Å²) in [6.07, 6.45) is -6.49. The Kier molecular flexibility index (Phi) is 4.42. The maximum absolute atomic E-state index is 10.6. The molecule has 1 heterocycles. The van der Waals surface area contributed by atoms with Crippen LogP contribution in [0.1, 0.15) is 12.8 Å². The molecule has 8 heteroatoms. The Bertz CT molecular complexity index is 282. The first-order valence-electron chi connectivity index (χ1n) is 5.07. The van der Waals surface area contributed by atoms with Gasteiger partial charge in [-0.15, -0.1) is 0 Å². The molecule has 8 nitrogen and oxygen atoms in total. The highest BCUT2D eigenvalue weighted by Gasteiger charge is 2.44. The van der Waals surface area contributed by atoms with Gasteiger partial charge in [0.2, 0.25) is 5.79 Å². The number of hydrogen-bond donors (Lipinski definition) is 5. The molecule has 0 amide bonds. The van der Waals surface area contributed by atoms with Gasteiger partial charge < -0.3 is 40.2 Å². The second-order valence-corrected chi connectivity index (χ2v) is 4.06. The van der Waals surface area contributed by atoms with Gasteiger partial charge in [-0.3, -0.25) is 0 Å². The molecule has 0 spiro atoms. The smallest absolute Gasteiger partial charge is 0.209 e. The molecule has 0 saturated carbocycles. The van der Waals surface area contributed by atoms with E-state index in [2.05, 4.69) is 0 Å². The summed E-state index contributed by atoms with van der Waals surface area (Å²) in [6.45, 7) is -0.763. The monoisotopic (exact) mass is 251 g/mol. The molecule has 1 rings (SSSR count). The molecular weight excluding hydrogens is 236 g/mol. The SMILES string of the molecule is O=C([O-])[C@]1(O)C[C@H](O)C[C@H]([C@H](O)[C@H](O)CO)O1. The van der Waals surface area contributed by atoms with E-state index in [0.717, 1.165) is 0 Å². The first kappa shape index (κ1) is 14.3. The predicted molar refractivity (Wildman–Crippen MR) is 49.2 cm³/mol. The second-order valence-electron chi connectivity index (χ2n) is 4.06. The number of hydrogen-bond acceptors (Lipinski definition) is 8. The molecular formula is C9H15O8-. The van der Waals surface area contributed by atoms with Crippen LogP contribution < -0.4 is 5.11 Å². The van der Waals surface area contributed by atoms with Crippen molar-refractivity contribution in [1.82, 2.24) is 0 Å². The normalized spacial score (nSPS) is 37.5. The molecule has 1 aliphatic rings. The molecule has 0 unspecified atom stereocenters. The van der Waals surface area contributed by atoms with E-state index in [1.807, 2.05) is 0 Å². The van der Waals surface area contributed by atoms with Crippen molar-refractivity contribution >= 4 is 5.97 Å². The van der Waals surface area contributed by atoms with Gasteiger partial charge in [-0.2, -0.15) is 0 Å². The Hall–Kier alpha value is -0.770. The van der Waals surface area contributed by atoms with E-state index in [9.17, 15) is 25.2 Å². The number of carbonyl (C=O) groups is 1. The van der Waals surface area contributed by atoms with E-state index in [-0.39, 0.29) is 6.42 Å². The first-order valence-corrected chi connectivity index (χ1v) is 5.07. The second kappa shape index (κ2) is 5.25. The van der Waals surface area contributed by atoms with Crippen LogP contribution in [0, 0.1) is 0 Å². The number of aliphatic carboxylic acids is 1. The summed E-state index contributed by atoms with van der Waals surface area (Å²) < 4.78 is 4.70. The minimum Gasteiger partial charge on any atom is -0.544 e. The molecule has 0 aromatic rings. The van der Waals surface area contributed by atoms with Gasteiger partial charge in [0.1, 0.15) is 18.2 Å². The van der Waals surface area contributed by atoms with Crippen LogP contribution in [0.5, 0.6) is 0 Å². The predicted octanol–water partition coefficient (Wildman–Crippen LogP) is -4.32. The van der Waals surface area contributed by atoms with Gasteiger partial charge in [0.25, 0.3) is 0 Å². The molecule has 5 N–H and O–H groups in total. The van der Waals surface area contributed by atoms with Crippen LogP contribution in [0.4, 0.5) is 0 Å². The lowest BCUT2D eigenvalue weighted by atomic mass is 9.93. The third-order valence-corrected chi connectivity index (χ3v) is 2.64. The van der Waals surface area contributed by atoms with Gasteiger partial charge in [0.15, 0.2) is 0 Å². The number of rotatable bonds is 4. The lowest BCUT2D eigenvalue weighted by molar-refractivity contribution is -0.371. The van der Waals surface area contributed by atoms with Crippen molar-refractivity contribution in [3.8, 4) is 0 Å². The molecule has 1 fully saturated rings. The van der Waals surface area contributed by atoms with Gasteiger partial charge in [0.05, 0.1) is 18.8 Å². The van der Waals surface area contributed by atoms with Crippen molar-refractivity contribution in [3.63, 3.8) is 0 Å². The number of ether oxygens (including phenoxy) is 1. The van der Waals surface area contributed by atoms with Crippen molar-refractivity contribution in [2.24, 2.45) is 0 Å². The lowest BCUT2D eigenvalue weighted by Crippen LogP contribution is -2.60. The molecule has 100 valence electrons. The zero-order chi connectivity index (χ0) is 13.2. The van der Waals surface area contributed by atoms with Crippen molar-refractivity contribution in [2.75, 3.05) is 6.61 Å². The van der Waals surface area contributed by atoms with Crippen LogP contribution in [0.3, 0.4) is 0 Å². The first-order chi connectivity index (χ1) is 7.80. The maximum atomic E-state index is 10.6. The van der Waals surface area contributed by atoms with Gasteiger partial charge in [0, 0.05) is 12.8 Å². The summed E-state index contributed by atoms with van der Waals surface area (Å²) >= 11 is 0. The van der Waals surface area contributed by atoms with Crippen molar-refractivity contribution in [2.45, 2.75) is 43.0 Å². The summed E-state index contributed by atoms with van der Waals surface area (Å²) in [5.74, 6) is -4.65. The van der Waals surface area contributed by atoms with Crippen LogP contribution in [0.25, 0.3) is 0 Å². The molecule has 5 atom stereocenters. The van der Waals surface area contributed by atoms with Crippen LogP contribution in [-0.2, 0) is 9.53 Å². The van der Waals surface area contributed by atoms with Crippen LogP contribution in [-0.4, -0.2) is 68.3 Å². The minimum atomic E-state index is -2.71. The van der Waals surface area contributed by atoms with E-state index >= 15 is 0 Å². The minimum absolute atomic E-state index is 0.173. The molecule has 0 radical (unpaired) electrons. The van der Waals surface area contributed by atoms with Crippen LogP contribution in [0.2, 0.25) is 0 Å². The number of aliphatic hydroxyl groups is 5. The highest BCUT2D eigenvalue weighted by atomic mass is 16.7. The Morgan fingerprint density at radius 1 is 1.53 bits per heavy atom. The van der Waals surface area contributed by atoms with E-state index < -0.39 is 49.2 Å². The molecule has 17 heavy (non-hydrogen) atoms. The van der Waals surface area contributed by atoms with E-state index in [1.165, 1.54) is 0 Å². The highest BCUT2D eigenvalue weighted by Crippen LogP contribution is 2.29. The van der Waals surface area contributed by atoms with Gasteiger partial charge in [-0.25, -0.2) is 0 Å². The zero-order valence-electron chi connectivity index (χ0n) is 8.89. The van der Waals surface area contributed by atoms with Crippen molar-refractivity contribution < 1.29 is 40.2 Å². The number of carboxylic acid groups (broad SMARTS) is 1. The Morgan fingerprint density at radius 3 is 2.59 bits per heavy atom. The zero-order valence-corrected chi connectivity index (χ0v) is 8.89. The topological polar surface area (TPSA) is 151 Å². The van der Waals surface area contributed by atoms with E-state index in [4.69, 9.17) is 14.9 Å².